The van der Waals surface area contributed by atoms with Gasteiger partial charge in [0.1, 0.15) is 0 Å². The van der Waals surface area contributed by atoms with Gasteiger partial charge in [0, 0.05) is 18.3 Å². The molecule has 0 aromatic carbocycles. The van der Waals surface area contributed by atoms with Gasteiger partial charge in [-0.05, 0) is 11.4 Å². The fourth-order valence-electron chi connectivity index (χ4n) is 1.38. The molecule has 14 heavy (non-hydrogen) atoms. The van der Waals surface area contributed by atoms with Crippen molar-refractivity contribution in [3.8, 4) is 0 Å². The Bertz CT molecular complexity index is 393. The Labute approximate surface area is 86.4 Å². The summed E-state index contributed by atoms with van der Waals surface area (Å²) in [5, 5.41) is 9.72. The van der Waals surface area contributed by atoms with Gasteiger partial charge in [-0.3, -0.25) is 4.68 Å². The number of hydrogen-bond donors (Lipinski definition) is 1. The van der Waals surface area contributed by atoms with E-state index in [1.807, 2.05) is 13.1 Å². The van der Waals surface area contributed by atoms with Crippen molar-refractivity contribution in [1.82, 2.24) is 15.0 Å². The van der Waals surface area contributed by atoms with Crippen LogP contribution in [0.5, 0.6) is 0 Å². The Hall–Kier alpha value is -1.20. The van der Waals surface area contributed by atoms with E-state index in [-0.39, 0.29) is 6.04 Å². The number of thiophene rings is 1. The van der Waals surface area contributed by atoms with E-state index in [9.17, 15) is 0 Å². The molecule has 0 saturated carbocycles. The van der Waals surface area contributed by atoms with E-state index in [0.717, 1.165) is 12.1 Å². The van der Waals surface area contributed by atoms with Gasteiger partial charge in [-0.25, -0.2) is 0 Å². The summed E-state index contributed by atoms with van der Waals surface area (Å²) in [4.78, 5) is 1.29. The normalized spacial score (nSPS) is 13.0. The molecule has 1 atom stereocenters. The zero-order chi connectivity index (χ0) is 9.97. The largest absolute Gasteiger partial charge is 0.322 e. The summed E-state index contributed by atoms with van der Waals surface area (Å²) in [5.74, 6) is 0. The average Bonchev–Trinajstić information content (AvgIpc) is 2.75. The second-order valence-electron chi connectivity index (χ2n) is 3.17. The maximum Gasteiger partial charge on any atom is 0.0754 e. The number of nitrogens with two attached hydrogens (primary N) is 1. The summed E-state index contributed by atoms with van der Waals surface area (Å²) in [5.41, 5.74) is 7.01. The molecule has 5 heteroatoms. The van der Waals surface area contributed by atoms with Crippen LogP contribution in [0.2, 0.25) is 0 Å². The van der Waals surface area contributed by atoms with Crippen LogP contribution in [0.15, 0.2) is 23.7 Å². The van der Waals surface area contributed by atoms with E-state index >= 15 is 0 Å². The number of rotatable bonds is 3. The third-order valence-electron chi connectivity index (χ3n) is 2.13. The van der Waals surface area contributed by atoms with Crippen molar-refractivity contribution < 1.29 is 0 Å². The Morgan fingerprint density at radius 3 is 3.07 bits per heavy atom. The lowest BCUT2D eigenvalue weighted by molar-refractivity contribution is 0.609. The SMILES string of the molecule is Cn1nncc1C(N)Cc1cccs1. The summed E-state index contributed by atoms with van der Waals surface area (Å²) >= 11 is 1.72. The maximum absolute atomic E-state index is 6.04. The molecule has 2 N–H and O–H groups in total. The van der Waals surface area contributed by atoms with Crippen molar-refractivity contribution in [2.75, 3.05) is 0 Å². The molecule has 0 aliphatic rings. The van der Waals surface area contributed by atoms with Crippen molar-refractivity contribution in [3.63, 3.8) is 0 Å². The van der Waals surface area contributed by atoms with Crippen LogP contribution in [0.25, 0.3) is 0 Å². The predicted molar refractivity (Wildman–Crippen MR) is 56.0 cm³/mol. The van der Waals surface area contributed by atoms with Crippen molar-refractivity contribution in [1.29, 1.82) is 0 Å². The minimum Gasteiger partial charge on any atom is -0.322 e. The highest BCUT2D eigenvalue weighted by Gasteiger charge is 2.11. The first-order valence-corrected chi connectivity index (χ1v) is 5.28. The summed E-state index contributed by atoms with van der Waals surface area (Å²) in [6, 6.07) is 4.11. The molecule has 0 spiro atoms. The van der Waals surface area contributed by atoms with Crippen molar-refractivity contribution in [2.24, 2.45) is 12.8 Å². The first kappa shape index (κ1) is 9.36. The molecule has 0 fully saturated rings. The van der Waals surface area contributed by atoms with E-state index in [1.54, 1.807) is 22.2 Å². The minimum atomic E-state index is -0.0198. The molecule has 0 amide bonds. The Kier molecular flexibility index (Phi) is 2.60. The van der Waals surface area contributed by atoms with Gasteiger partial charge in [0.2, 0.25) is 0 Å². The minimum absolute atomic E-state index is 0.0198. The summed E-state index contributed by atoms with van der Waals surface area (Å²) in [6.07, 6.45) is 2.57. The first-order chi connectivity index (χ1) is 6.77. The number of aryl methyl sites for hydroxylation is 1. The molecule has 0 saturated heterocycles. The topological polar surface area (TPSA) is 56.7 Å². The third kappa shape index (κ3) is 1.83. The smallest absolute Gasteiger partial charge is 0.0754 e. The van der Waals surface area contributed by atoms with E-state index in [0.29, 0.717) is 0 Å². The van der Waals surface area contributed by atoms with Gasteiger partial charge >= 0.3 is 0 Å². The monoisotopic (exact) mass is 208 g/mol. The molecule has 0 bridgehead atoms. The summed E-state index contributed by atoms with van der Waals surface area (Å²) in [7, 11) is 1.86. The van der Waals surface area contributed by atoms with Crippen LogP contribution in [-0.2, 0) is 13.5 Å². The molecule has 74 valence electrons. The van der Waals surface area contributed by atoms with Gasteiger partial charge in [-0.15, -0.1) is 16.4 Å². The second-order valence-corrected chi connectivity index (χ2v) is 4.20. The zero-order valence-corrected chi connectivity index (χ0v) is 8.74. The highest BCUT2D eigenvalue weighted by molar-refractivity contribution is 7.09. The quantitative estimate of drug-likeness (QED) is 0.822. The standard InChI is InChI=1S/C9H12N4S/c1-13-9(6-11-12-13)8(10)5-7-3-2-4-14-7/h2-4,6,8H,5,10H2,1H3. The van der Waals surface area contributed by atoms with Crippen LogP contribution in [0, 0.1) is 0 Å². The lowest BCUT2D eigenvalue weighted by Crippen LogP contribution is -2.16. The van der Waals surface area contributed by atoms with E-state index in [4.69, 9.17) is 5.73 Å². The Balaban J connectivity index is 2.10. The van der Waals surface area contributed by atoms with E-state index in [2.05, 4.69) is 21.8 Å². The fraction of sp³-hybridized carbons (Fsp3) is 0.333. The summed E-state index contributed by atoms with van der Waals surface area (Å²) in [6.45, 7) is 0. The molecule has 0 radical (unpaired) electrons. The molecule has 2 aromatic heterocycles. The first-order valence-electron chi connectivity index (χ1n) is 4.40. The average molecular weight is 208 g/mol. The van der Waals surface area contributed by atoms with Crippen molar-refractivity contribution in [2.45, 2.75) is 12.5 Å². The molecule has 2 heterocycles. The fourth-order valence-corrected chi connectivity index (χ4v) is 2.15. The van der Waals surface area contributed by atoms with Gasteiger partial charge in [-0.1, -0.05) is 11.3 Å². The van der Waals surface area contributed by atoms with Crippen LogP contribution >= 0.6 is 11.3 Å². The van der Waals surface area contributed by atoms with Gasteiger partial charge in [-0.2, -0.15) is 0 Å². The molecule has 1 unspecified atom stereocenters. The van der Waals surface area contributed by atoms with Crippen LogP contribution in [0.3, 0.4) is 0 Å². The number of nitrogens with zero attached hydrogens (tertiary/aromatic N) is 3. The van der Waals surface area contributed by atoms with Crippen molar-refractivity contribution in [3.05, 3.63) is 34.3 Å². The lowest BCUT2D eigenvalue weighted by Gasteiger charge is -2.09. The Morgan fingerprint density at radius 1 is 1.64 bits per heavy atom. The molecular weight excluding hydrogens is 196 g/mol. The maximum atomic E-state index is 6.04. The summed E-state index contributed by atoms with van der Waals surface area (Å²) < 4.78 is 1.72. The van der Waals surface area contributed by atoms with Gasteiger partial charge < -0.3 is 5.73 Å². The predicted octanol–water partition coefficient (Wildman–Crippen LogP) is 1.12. The molecule has 2 rings (SSSR count). The molecule has 2 aromatic rings. The highest BCUT2D eigenvalue weighted by Crippen LogP contribution is 2.17. The van der Waals surface area contributed by atoms with E-state index < -0.39 is 0 Å². The van der Waals surface area contributed by atoms with Gasteiger partial charge in [0.25, 0.3) is 0 Å². The van der Waals surface area contributed by atoms with Crippen LogP contribution in [0.1, 0.15) is 16.6 Å². The Morgan fingerprint density at radius 2 is 2.50 bits per heavy atom. The van der Waals surface area contributed by atoms with Crippen LogP contribution < -0.4 is 5.73 Å². The zero-order valence-electron chi connectivity index (χ0n) is 7.92. The number of aromatic nitrogens is 3. The second kappa shape index (κ2) is 3.89. The van der Waals surface area contributed by atoms with Gasteiger partial charge in [0.05, 0.1) is 17.9 Å². The lowest BCUT2D eigenvalue weighted by atomic mass is 10.1. The van der Waals surface area contributed by atoms with Gasteiger partial charge in [0.15, 0.2) is 0 Å². The molecule has 0 aliphatic carbocycles. The van der Waals surface area contributed by atoms with Crippen LogP contribution in [-0.4, -0.2) is 15.0 Å². The third-order valence-corrected chi connectivity index (χ3v) is 3.03. The molecule has 0 aliphatic heterocycles. The van der Waals surface area contributed by atoms with E-state index in [1.165, 1.54) is 4.88 Å². The highest BCUT2D eigenvalue weighted by atomic mass is 32.1. The van der Waals surface area contributed by atoms with Crippen molar-refractivity contribution >= 4 is 11.3 Å². The van der Waals surface area contributed by atoms with Crippen LogP contribution in [0.4, 0.5) is 0 Å². The molecular formula is C9H12N4S. The molecule has 4 nitrogen and oxygen atoms in total. The number of hydrogen-bond acceptors (Lipinski definition) is 4.